The molecule has 0 aliphatic carbocycles. The molecule has 0 bridgehead atoms. The number of rotatable bonds is 7. The summed E-state index contributed by atoms with van der Waals surface area (Å²) < 4.78 is 1.09. The van der Waals surface area contributed by atoms with Gasteiger partial charge in [0.05, 0.1) is 31.1 Å². The van der Waals surface area contributed by atoms with Crippen molar-refractivity contribution in [2.24, 2.45) is 0 Å². The van der Waals surface area contributed by atoms with E-state index in [0.29, 0.717) is 18.7 Å². The highest BCUT2D eigenvalue weighted by Crippen LogP contribution is 2.15. The maximum Gasteiger partial charge on any atom is 0.287 e. The Balaban J connectivity index is 2.73. The van der Waals surface area contributed by atoms with E-state index in [1.807, 2.05) is 6.92 Å². The van der Waals surface area contributed by atoms with Crippen molar-refractivity contribution < 1.29 is 10.2 Å². The van der Waals surface area contributed by atoms with Crippen LogP contribution in [0, 0.1) is 0 Å². The highest BCUT2D eigenvalue weighted by Gasteiger charge is 2.10. The van der Waals surface area contributed by atoms with Crippen LogP contribution in [0.2, 0.25) is 5.02 Å². The molecule has 0 fully saturated rings. The number of hydrogen-bond donors (Lipinski definition) is 3. The van der Waals surface area contributed by atoms with Crippen LogP contribution in [0.1, 0.15) is 19.8 Å². The molecular formula is C11H18ClN3O3. The fourth-order valence-electron chi connectivity index (χ4n) is 1.51. The van der Waals surface area contributed by atoms with Gasteiger partial charge in [0.2, 0.25) is 0 Å². The van der Waals surface area contributed by atoms with Gasteiger partial charge in [0.25, 0.3) is 5.56 Å². The van der Waals surface area contributed by atoms with Gasteiger partial charge in [-0.3, -0.25) is 4.79 Å². The number of aromatic nitrogens is 2. The maximum absolute atomic E-state index is 11.7. The summed E-state index contributed by atoms with van der Waals surface area (Å²) in [5.41, 5.74) is -0.0632. The Labute approximate surface area is 110 Å². The molecule has 0 aromatic carbocycles. The van der Waals surface area contributed by atoms with E-state index in [4.69, 9.17) is 16.7 Å². The van der Waals surface area contributed by atoms with Crippen LogP contribution in [-0.2, 0) is 6.54 Å². The third-order valence-electron chi connectivity index (χ3n) is 2.45. The van der Waals surface area contributed by atoms with Crippen LogP contribution < -0.4 is 10.9 Å². The summed E-state index contributed by atoms with van der Waals surface area (Å²) in [7, 11) is 0. The summed E-state index contributed by atoms with van der Waals surface area (Å²) in [6, 6.07) is 0. The van der Waals surface area contributed by atoms with E-state index in [1.165, 1.54) is 6.20 Å². The molecule has 7 heteroatoms. The molecule has 6 nitrogen and oxygen atoms in total. The molecule has 0 radical (unpaired) electrons. The van der Waals surface area contributed by atoms with Crippen LogP contribution >= 0.6 is 11.6 Å². The number of hydrogen-bond acceptors (Lipinski definition) is 5. The number of aliphatic hydroxyl groups excluding tert-OH is 2. The van der Waals surface area contributed by atoms with Gasteiger partial charge in [0.1, 0.15) is 5.02 Å². The van der Waals surface area contributed by atoms with Gasteiger partial charge < -0.3 is 15.5 Å². The molecule has 1 atom stereocenters. The Bertz CT molecular complexity index is 436. The van der Waals surface area contributed by atoms with E-state index in [9.17, 15) is 9.90 Å². The highest BCUT2D eigenvalue weighted by molar-refractivity contribution is 6.32. The van der Waals surface area contributed by atoms with Gasteiger partial charge in [-0.25, -0.2) is 4.68 Å². The zero-order valence-corrected chi connectivity index (χ0v) is 11.0. The lowest BCUT2D eigenvalue weighted by Gasteiger charge is -2.13. The van der Waals surface area contributed by atoms with Crippen molar-refractivity contribution in [1.29, 1.82) is 0 Å². The predicted octanol–water partition coefficient (Wildman–Crippen LogP) is 0.462. The zero-order chi connectivity index (χ0) is 13.5. The van der Waals surface area contributed by atoms with Crippen molar-refractivity contribution in [3.05, 3.63) is 21.6 Å². The van der Waals surface area contributed by atoms with E-state index in [-0.39, 0.29) is 18.2 Å². The third-order valence-corrected chi connectivity index (χ3v) is 2.81. The molecule has 1 rings (SSSR count). The first kappa shape index (κ1) is 14.9. The third kappa shape index (κ3) is 3.97. The zero-order valence-electron chi connectivity index (χ0n) is 10.3. The Hall–Kier alpha value is -1.11. The molecule has 102 valence electrons. The van der Waals surface area contributed by atoms with Gasteiger partial charge in [0, 0.05) is 6.54 Å². The highest BCUT2D eigenvalue weighted by atomic mass is 35.5. The molecule has 1 aromatic rings. The van der Waals surface area contributed by atoms with Crippen molar-refractivity contribution in [1.82, 2.24) is 9.78 Å². The lowest BCUT2D eigenvalue weighted by molar-refractivity contribution is 0.176. The number of halogens is 1. The second-order valence-corrected chi connectivity index (χ2v) is 4.33. The summed E-state index contributed by atoms with van der Waals surface area (Å²) >= 11 is 5.90. The summed E-state index contributed by atoms with van der Waals surface area (Å²) in [5.74, 6) is 0. The number of anilines is 1. The topological polar surface area (TPSA) is 87.4 Å². The molecule has 1 aromatic heterocycles. The van der Waals surface area contributed by atoms with Crippen LogP contribution in [0.5, 0.6) is 0 Å². The average Bonchev–Trinajstić information content (AvgIpc) is 2.35. The lowest BCUT2D eigenvalue weighted by Crippen LogP contribution is -2.27. The van der Waals surface area contributed by atoms with Crippen LogP contribution in [0.15, 0.2) is 11.0 Å². The van der Waals surface area contributed by atoms with E-state index < -0.39 is 11.7 Å². The minimum atomic E-state index is -0.481. The smallest absolute Gasteiger partial charge is 0.287 e. The molecule has 0 aliphatic heterocycles. The number of nitrogens with one attached hydrogen (secondary N) is 1. The van der Waals surface area contributed by atoms with Crippen molar-refractivity contribution in [2.75, 3.05) is 18.5 Å². The Morgan fingerprint density at radius 2 is 2.33 bits per heavy atom. The summed E-state index contributed by atoms with van der Waals surface area (Å²) in [6.45, 7) is 2.23. The monoisotopic (exact) mass is 275 g/mol. The van der Waals surface area contributed by atoms with Gasteiger partial charge in [-0.15, -0.1) is 0 Å². The fraction of sp³-hybridized carbons (Fsp3) is 0.636. The molecule has 0 saturated carbocycles. The lowest BCUT2D eigenvalue weighted by atomic mass is 10.2. The van der Waals surface area contributed by atoms with Crippen molar-refractivity contribution in [3.8, 4) is 0 Å². The minimum Gasteiger partial charge on any atom is -0.394 e. The molecule has 0 saturated heterocycles. The molecule has 0 spiro atoms. The van der Waals surface area contributed by atoms with Gasteiger partial charge in [-0.2, -0.15) is 5.10 Å². The maximum atomic E-state index is 11.7. The van der Waals surface area contributed by atoms with Gasteiger partial charge >= 0.3 is 0 Å². The van der Waals surface area contributed by atoms with Crippen LogP contribution in [0.3, 0.4) is 0 Å². The average molecular weight is 276 g/mol. The van der Waals surface area contributed by atoms with E-state index >= 15 is 0 Å². The quantitative estimate of drug-likeness (QED) is 0.673. The van der Waals surface area contributed by atoms with E-state index in [0.717, 1.165) is 11.1 Å². The van der Waals surface area contributed by atoms with Gasteiger partial charge in [-0.05, 0) is 6.42 Å². The second-order valence-electron chi connectivity index (χ2n) is 3.95. The molecule has 1 unspecified atom stereocenters. The summed E-state index contributed by atoms with van der Waals surface area (Å²) in [6.07, 6.45) is 2.50. The molecule has 18 heavy (non-hydrogen) atoms. The van der Waals surface area contributed by atoms with Gasteiger partial charge in [0.15, 0.2) is 0 Å². The first-order chi connectivity index (χ1) is 8.60. The Kier molecular flexibility index (Phi) is 6.11. The van der Waals surface area contributed by atoms with E-state index in [2.05, 4.69) is 10.4 Å². The fourth-order valence-corrected chi connectivity index (χ4v) is 1.72. The molecule has 0 aliphatic rings. The van der Waals surface area contributed by atoms with Crippen LogP contribution in [-0.4, -0.2) is 39.2 Å². The Morgan fingerprint density at radius 1 is 1.61 bits per heavy atom. The second kappa shape index (κ2) is 7.35. The predicted molar refractivity (Wildman–Crippen MR) is 70.0 cm³/mol. The molecule has 0 amide bonds. The standard InChI is InChI=1S/C11H18ClN3O3/c1-2-3-8(17)6-13-9-7-14-15(4-5-16)11(18)10(9)12/h7-8,13,16-17H,2-6H2,1H3. The first-order valence-electron chi connectivity index (χ1n) is 5.88. The van der Waals surface area contributed by atoms with Crippen molar-refractivity contribution in [2.45, 2.75) is 32.4 Å². The summed E-state index contributed by atoms with van der Waals surface area (Å²) in [5, 5.41) is 25.1. The first-order valence-corrected chi connectivity index (χ1v) is 6.26. The normalized spacial score (nSPS) is 12.4. The number of aliphatic hydroxyl groups is 2. The molecule has 1 heterocycles. The van der Waals surface area contributed by atoms with Crippen LogP contribution in [0.25, 0.3) is 0 Å². The minimum absolute atomic E-state index is 0.0159. The van der Waals surface area contributed by atoms with E-state index in [1.54, 1.807) is 0 Å². The van der Waals surface area contributed by atoms with Crippen LogP contribution in [0.4, 0.5) is 5.69 Å². The molecular weight excluding hydrogens is 258 g/mol. The number of nitrogens with zero attached hydrogens (tertiary/aromatic N) is 2. The van der Waals surface area contributed by atoms with Crippen molar-refractivity contribution >= 4 is 17.3 Å². The summed E-state index contributed by atoms with van der Waals surface area (Å²) in [4.78, 5) is 11.7. The SMILES string of the molecule is CCCC(O)CNc1cnn(CCO)c(=O)c1Cl. The molecule has 3 N–H and O–H groups in total. The van der Waals surface area contributed by atoms with Crippen molar-refractivity contribution in [3.63, 3.8) is 0 Å². The largest absolute Gasteiger partial charge is 0.394 e. The Morgan fingerprint density at radius 3 is 2.94 bits per heavy atom. The van der Waals surface area contributed by atoms with Gasteiger partial charge in [-0.1, -0.05) is 24.9 Å².